The van der Waals surface area contributed by atoms with Crippen molar-refractivity contribution in [1.29, 1.82) is 0 Å². The summed E-state index contributed by atoms with van der Waals surface area (Å²) in [5, 5.41) is 5.95. The van der Waals surface area contributed by atoms with E-state index in [1.54, 1.807) is 19.9 Å². The lowest BCUT2D eigenvalue weighted by Gasteiger charge is -2.17. The summed E-state index contributed by atoms with van der Waals surface area (Å²) >= 11 is 0. The molecule has 0 aliphatic heterocycles. The molecule has 1 saturated carbocycles. The van der Waals surface area contributed by atoms with Crippen molar-refractivity contribution in [3.05, 3.63) is 89.9 Å². The Hall–Kier alpha value is -2.76. The largest absolute Gasteiger partial charge is 0.393 e. The summed E-state index contributed by atoms with van der Waals surface area (Å²) in [6.45, 7) is 11.1. The zero-order chi connectivity index (χ0) is 21.4. The molecule has 3 unspecified atom stereocenters. The van der Waals surface area contributed by atoms with E-state index < -0.39 is 24.2 Å². The number of benzene rings is 2. The Morgan fingerprint density at radius 2 is 1.76 bits per heavy atom. The second kappa shape index (κ2) is 7.58. The third-order valence-electron chi connectivity index (χ3n) is 5.28. The van der Waals surface area contributed by atoms with Crippen LogP contribution in [0.25, 0.3) is 0 Å². The monoisotopic (exact) mass is 404 g/mol. The second-order valence-electron chi connectivity index (χ2n) is 7.71. The quantitative estimate of drug-likeness (QED) is 0.535. The number of aryl methyl sites for hydroxylation is 1. The average Bonchev–Trinajstić information content (AvgIpc) is 3.19. The SMILES string of the molecule is C=C(NC(=C)C1C(c2ccccc2)C1(C)F)Nc1cc(CC(F)(F)F)ccc1C. The Labute approximate surface area is 168 Å². The molecule has 1 fully saturated rings. The molecule has 2 aromatic rings. The van der Waals surface area contributed by atoms with Gasteiger partial charge in [0.2, 0.25) is 0 Å². The third-order valence-corrected chi connectivity index (χ3v) is 5.28. The van der Waals surface area contributed by atoms with Crippen molar-refractivity contribution < 1.29 is 17.6 Å². The zero-order valence-electron chi connectivity index (χ0n) is 16.4. The van der Waals surface area contributed by atoms with Gasteiger partial charge in [-0.25, -0.2) is 4.39 Å². The molecule has 0 heterocycles. The van der Waals surface area contributed by atoms with Crippen LogP contribution < -0.4 is 10.6 Å². The summed E-state index contributed by atoms with van der Waals surface area (Å²) in [5.74, 6) is -0.383. The van der Waals surface area contributed by atoms with Crippen LogP contribution in [-0.4, -0.2) is 11.8 Å². The maximum atomic E-state index is 15.0. The van der Waals surface area contributed by atoms with Crippen molar-refractivity contribution in [1.82, 2.24) is 5.32 Å². The molecule has 0 bridgehead atoms. The number of anilines is 1. The standard InChI is InChI=1S/C23H24F4N2/c1-14-10-11-17(13-23(25,26)27)12-19(14)29-16(3)28-15(2)20-21(22(20,4)24)18-8-6-5-7-9-18/h5-12,20-21,28-29H,2-3,13H2,1,4H3. The molecule has 0 spiro atoms. The highest BCUT2D eigenvalue weighted by Gasteiger charge is 2.64. The van der Waals surface area contributed by atoms with Crippen molar-refractivity contribution in [3.63, 3.8) is 0 Å². The van der Waals surface area contributed by atoms with Crippen LogP contribution in [0.1, 0.15) is 29.5 Å². The van der Waals surface area contributed by atoms with Crippen LogP contribution in [0.15, 0.2) is 73.2 Å². The molecule has 2 aromatic carbocycles. The predicted molar refractivity (Wildman–Crippen MR) is 108 cm³/mol. The molecule has 2 nitrogen and oxygen atoms in total. The average molecular weight is 404 g/mol. The van der Waals surface area contributed by atoms with Crippen LogP contribution in [0, 0.1) is 12.8 Å². The fraction of sp³-hybridized carbons (Fsp3) is 0.304. The molecule has 3 rings (SSSR count). The van der Waals surface area contributed by atoms with Gasteiger partial charge in [0.15, 0.2) is 0 Å². The van der Waals surface area contributed by atoms with Crippen LogP contribution in [0.2, 0.25) is 0 Å². The first-order chi connectivity index (χ1) is 13.5. The van der Waals surface area contributed by atoms with E-state index in [9.17, 15) is 17.6 Å². The Kier molecular flexibility index (Phi) is 5.48. The van der Waals surface area contributed by atoms with Gasteiger partial charge in [0.25, 0.3) is 0 Å². The summed E-state index contributed by atoms with van der Waals surface area (Å²) in [7, 11) is 0. The van der Waals surface area contributed by atoms with Crippen LogP contribution in [0.3, 0.4) is 0 Å². The van der Waals surface area contributed by atoms with E-state index in [0.29, 0.717) is 17.2 Å². The van der Waals surface area contributed by atoms with Crippen molar-refractivity contribution >= 4 is 5.69 Å². The molecule has 6 heteroatoms. The van der Waals surface area contributed by atoms with Gasteiger partial charge in [0.05, 0.1) is 12.2 Å². The summed E-state index contributed by atoms with van der Waals surface area (Å²) < 4.78 is 52.9. The predicted octanol–water partition coefficient (Wildman–Crippen LogP) is 6.23. The van der Waals surface area contributed by atoms with E-state index in [0.717, 1.165) is 11.1 Å². The molecule has 0 amide bonds. The molecule has 3 atom stereocenters. The molecule has 2 N–H and O–H groups in total. The lowest BCUT2D eigenvalue weighted by atomic mass is 10.1. The number of hydrogen-bond acceptors (Lipinski definition) is 2. The summed E-state index contributed by atoms with van der Waals surface area (Å²) in [5.41, 5.74) is 1.39. The fourth-order valence-corrected chi connectivity index (χ4v) is 3.81. The molecule has 0 radical (unpaired) electrons. The normalized spacial score (nSPS) is 23.4. The van der Waals surface area contributed by atoms with E-state index in [2.05, 4.69) is 23.8 Å². The van der Waals surface area contributed by atoms with Gasteiger partial charge < -0.3 is 10.6 Å². The fourth-order valence-electron chi connectivity index (χ4n) is 3.81. The van der Waals surface area contributed by atoms with Gasteiger partial charge in [-0.15, -0.1) is 0 Å². The van der Waals surface area contributed by atoms with Crippen molar-refractivity contribution in [2.75, 3.05) is 5.32 Å². The number of halogens is 4. The third kappa shape index (κ3) is 4.81. The van der Waals surface area contributed by atoms with Crippen molar-refractivity contribution in [2.45, 2.75) is 38.0 Å². The first-order valence-corrected chi connectivity index (χ1v) is 9.31. The molecule has 29 heavy (non-hydrogen) atoms. The Balaban J connectivity index is 1.65. The van der Waals surface area contributed by atoms with E-state index >= 15 is 0 Å². The van der Waals surface area contributed by atoms with Crippen molar-refractivity contribution in [2.24, 2.45) is 5.92 Å². The van der Waals surface area contributed by atoms with Crippen LogP contribution in [0.4, 0.5) is 23.2 Å². The molecule has 0 aromatic heterocycles. The Bertz CT molecular complexity index is 916. The maximum Gasteiger partial charge on any atom is 0.393 e. The number of alkyl halides is 4. The number of rotatable bonds is 7. The van der Waals surface area contributed by atoms with Crippen molar-refractivity contribution in [3.8, 4) is 0 Å². The van der Waals surface area contributed by atoms with E-state index in [1.807, 2.05) is 30.3 Å². The van der Waals surface area contributed by atoms with E-state index in [1.165, 1.54) is 12.1 Å². The van der Waals surface area contributed by atoms with Crippen LogP contribution in [-0.2, 0) is 6.42 Å². The van der Waals surface area contributed by atoms with E-state index in [4.69, 9.17) is 0 Å². The molecule has 154 valence electrons. The number of nitrogens with one attached hydrogen (secondary N) is 2. The number of hydrogen-bond donors (Lipinski definition) is 2. The van der Waals surface area contributed by atoms with Gasteiger partial charge in [-0.05, 0) is 36.6 Å². The first kappa shape index (κ1) is 21.0. The Morgan fingerprint density at radius 3 is 2.38 bits per heavy atom. The summed E-state index contributed by atoms with van der Waals surface area (Å²) in [6.07, 6.45) is -5.28. The van der Waals surface area contributed by atoms with Gasteiger partial charge in [0.1, 0.15) is 5.67 Å². The number of allylic oxidation sites excluding steroid dienone is 1. The highest BCUT2D eigenvalue weighted by atomic mass is 19.4. The lowest BCUT2D eigenvalue weighted by Crippen LogP contribution is -2.21. The van der Waals surface area contributed by atoms with Gasteiger partial charge >= 0.3 is 6.18 Å². The lowest BCUT2D eigenvalue weighted by molar-refractivity contribution is -0.127. The van der Waals surface area contributed by atoms with E-state index in [-0.39, 0.29) is 11.5 Å². The molecular weight excluding hydrogens is 380 g/mol. The highest BCUT2D eigenvalue weighted by molar-refractivity contribution is 5.56. The topological polar surface area (TPSA) is 24.1 Å². The zero-order valence-corrected chi connectivity index (χ0v) is 16.4. The Morgan fingerprint density at radius 1 is 1.10 bits per heavy atom. The highest BCUT2D eigenvalue weighted by Crippen LogP contribution is 2.62. The minimum absolute atomic E-state index is 0.153. The second-order valence-corrected chi connectivity index (χ2v) is 7.71. The van der Waals surface area contributed by atoms with Crippen LogP contribution in [0.5, 0.6) is 0 Å². The molecular formula is C23H24F4N2. The minimum atomic E-state index is -4.28. The minimum Gasteiger partial charge on any atom is -0.346 e. The van der Waals surface area contributed by atoms with Crippen LogP contribution >= 0.6 is 0 Å². The maximum absolute atomic E-state index is 15.0. The van der Waals surface area contributed by atoms with Gasteiger partial charge in [-0.1, -0.05) is 55.6 Å². The molecule has 1 aliphatic rings. The molecule has 0 saturated heterocycles. The first-order valence-electron chi connectivity index (χ1n) is 9.31. The smallest absolute Gasteiger partial charge is 0.346 e. The summed E-state index contributed by atoms with van der Waals surface area (Å²) in [4.78, 5) is 0. The molecule has 1 aliphatic carbocycles. The van der Waals surface area contributed by atoms with Gasteiger partial charge in [0, 0.05) is 23.2 Å². The van der Waals surface area contributed by atoms with Gasteiger partial charge in [-0.2, -0.15) is 13.2 Å². The van der Waals surface area contributed by atoms with Gasteiger partial charge in [-0.3, -0.25) is 0 Å². The summed E-state index contributed by atoms with van der Waals surface area (Å²) in [6, 6.07) is 13.9.